The lowest BCUT2D eigenvalue weighted by molar-refractivity contribution is -0.120. The van der Waals surface area contributed by atoms with E-state index in [9.17, 15) is 9.59 Å². The maximum atomic E-state index is 12.1. The van der Waals surface area contributed by atoms with Gasteiger partial charge in [0.05, 0.1) is 19.1 Å². The van der Waals surface area contributed by atoms with Crippen molar-refractivity contribution in [1.29, 1.82) is 0 Å². The summed E-state index contributed by atoms with van der Waals surface area (Å²) >= 11 is 0. The van der Waals surface area contributed by atoms with Gasteiger partial charge >= 0.3 is 0 Å². The van der Waals surface area contributed by atoms with Crippen molar-refractivity contribution >= 4 is 17.5 Å². The molecule has 1 aliphatic heterocycles. The molecule has 0 radical (unpaired) electrons. The lowest BCUT2D eigenvalue weighted by Crippen LogP contribution is -2.37. The van der Waals surface area contributed by atoms with E-state index in [2.05, 4.69) is 5.32 Å². The number of rotatable bonds is 3. The van der Waals surface area contributed by atoms with Gasteiger partial charge in [0.25, 0.3) is 5.91 Å². The molecule has 6 heteroatoms. The number of nitrogens with one attached hydrogen (secondary N) is 1. The highest BCUT2D eigenvalue weighted by molar-refractivity contribution is 5.97. The molecule has 1 aromatic carbocycles. The zero-order chi connectivity index (χ0) is 14.7. The van der Waals surface area contributed by atoms with Crippen molar-refractivity contribution in [2.24, 2.45) is 11.7 Å². The topological polar surface area (TPSA) is 84.7 Å². The molecule has 20 heavy (non-hydrogen) atoms. The van der Waals surface area contributed by atoms with Crippen molar-refractivity contribution in [2.45, 2.75) is 6.04 Å². The number of amides is 2. The first-order chi connectivity index (χ1) is 9.49. The summed E-state index contributed by atoms with van der Waals surface area (Å²) in [5, 5.41) is 2.78. The van der Waals surface area contributed by atoms with Gasteiger partial charge in [0.2, 0.25) is 5.91 Å². The summed E-state index contributed by atoms with van der Waals surface area (Å²) in [4.78, 5) is 25.4. The fourth-order valence-electron chi connectivity index (χ4n) is 2.06. The van der Waals surface area contributed by atoms with Gasteiger partial charge in [-0.2, -0.15) is 0 Å². The number of hydrogen-bond donors (Lipinski definition) is 2. The SMILES string of the molecule is CN(C)C(=O)c1cccc(NC(=O)C2COCC2N)c1. The molecule has 2 rings (SSSR count). The number of benzene rings is 1. The van der Waals surface area contributed by atoms with Gasteiger partial charge in [-0.25, -0.2) is 0 Å². The molecule has 2 atom stereocenters. The van der Waals surface area contributed by atoms with Crippen molar-refractivity contribution in [3.05, 3.63) is 29.8 Å². The first-order valence-electron chi connectivity index (χ1n) is 6.45. The normalized spacial score (nSPS) is 21.6. The Balaban J connectivity index is 2.08. The highest BCUT2D eigenvalue weighted by Gasteiger charge is 2.31. The van der Waals surface area contributed by atoms with Crippen LogP contribution in [0, 0.1) is 5.92 Å². The number of nitrogens with two attached hydrogens (primary N) is 1. The number of carbonyl (C=O) groups excluding carboxylic acids is 2. The highest BCUT2D eigenvalue weighted by atomic mass is 16.5. The lowest BCUT2D eigenvalue weighted by Gasteiger charge is -2.15. The average Bonchev–Trinajstić information content (AvgIpc) is 2.84. The Morgan fingerprint density at radius 1 is 1.35 bits per heavy atom. The van der Waals surface area contributed by atoms with Gasteiger partial charge in [0, 0.05) is 31.4 Å². The van der Waals surface area contributed by atoms with E-state index < -0.39 is 0 Å². The first kappa shape index (κ1) is 14.5. The minimum Gasteiger partial charge on any atom is -0.379 e. The molecule has 0 bridgehead atoms. The Kier molecular flexibility index (Phi) is 4.36. The Morgan fingerprint density at radius 2 is 2.10 bits per heavy atom. The van der Waals surface area contributed by atoms with Crippen LogP contribution in [0.1, 0.15) is 10.4 Å². The summed E-state index contributed by atoms with van der Waals surface area (Å²) in [7, 11) is 3.37. The van der Waals surface area contributed by atoms with Gasteiger partial charge in [-0.3, -0.25) is 9.59 Å². The van der Waals surface area contributed by atoms with Gasteiger partial charge in [0.15, 0.2) is 0 Å². The number of carbonyl (C=O) groups is 2. The average molecular weight is 277 g/mol. The van der Waals surface area contributed by atoms with Crippen LogP contribution in [0.4, 0.5) is 5.69 Å². The molecule has 1 heterocycles. The van der Waals surface area contributed by atoms with Crippen LogP contribution >= 0.6 is 0 Å². The molecule has 3 N–H and O–H groups in total. The smallest absolute Gasteiger partial charge is 0.253 e. The van der Waals surface area contributed by atoms with E-state index in [0.29, 0.717) is 24.5 Å². The van der Waals surface area contributed by atoms with Crippen LogP contribution in [0.15, 0.2) is 24.3 Å². The maximum absolute atomic E-state index is 12.1. The molecule has 0 spiro atoms. The Morgan fingerprint density at radius 3 is 2.70 bits per heavy atom. The Bertz CT molecular complexity index is 516. The van der Waals surface area contributed by atoms with Crippen LogP contribution < -0.4 is 11.1 Å². The summed E-state index contributed by atoms with van der Waals surface area (Å²) < 4.78 is 5.17. The van der Waals surface area contributed by atoms with Crippen LogP contribution in [0.5, 0.6) is 0 Å². The largest absolute Gasteiger partial charge is 0.379 e. The molecule has 1 aromatic rings. The molecule has 0 aliphatic carbocycles. The minimum absolute atomic E-state index is 0.109. The predicted molar refractivity (Wildman–Crippen MR) is 75.4 cm³/mol. The molecule has 1 aliphatic rings. The van der Waals surface area contributed by atoms with Crippen LogP contribution in [0.3, 0.4) is 0 Å². The Hall–Kier alpha value is -1.92. The van der Waals surface area contributed by atoms with Crippen molar-refractivity contribution in [3.8, 4) is 0 Å². The summed E-state index contributed by atoms with van der Waals surface area (Å²) in [5.74, 6) is -0.630. The van der Waals surface area contributed by atoms with Gasteiger partial charge in [0.1, 0.15) is 0 Å². The molecule has 1 saturated heterocycles. The molecule has 0 saturated carbocycles. The van der Waals surface area contributed by atoms with E-state index in [1.165, 1.54) is 4.90 Å². The van der Waals surface area contributed by atoms with Crippen LogP contribution in [0.25, 0.3) is 0 Å². The van der Waals surface area contributed by atoms with Crippen molar-refractivity contribution in [1.82, 2.24) is 4.90 Å². The van der Waals surface area contributed by atoms with Gasteiger partial charge in [-0.1, -0.05) is 6.07 Å². The molecule has 108 valence electrons. The van der Waals surface area contributed by atoms with Gasteiger partial charge < -0.3 is 20.7 Å². The number of nitrogens with zero attached hydrogens (tertiary/aromatic N) is 1. The highest BCUT2D eigenvalue weighted by Crippen LogP contribution is 2.17. The standard InChI is InChI=1S/C14H19N3O3/c1-17(2)14(19)9-4-3-5-10(6-9)16-13(18)11-7-20-8-12(11)15/h3-6,11-12H,7-8,15H2,1-2H3,(H,16,18). The molecule has 2 unspecified atom stereocenters. The first-order valence-corrected chi connectivity index (χ1v) is 6.45. The van der Waals surface area contributed by atoms with E-state index in [0.717, 1.165) is 0 Å². The fraction of sp³-hybridized carbons (Fsp3) is 0.429. The lowest BCUT2D eigenvalue weighted by atomic mass is 10.0. The van der Waals surface area contributed by atoms with Crippen LogP contribution in [-0.4, -0.2) is 50.1 Å². The third kappa shape index (κ3) is 3.15. The second-order valence-corrected chi connectivity index (χ2v) is 5.08. The summed E-state index contributed by atoms with van der Waals surface area (Å²) in [6.07, 6.45) is 0. The molecule has 6 nitrogen and oxygen atoms in total. The second-order valence-electron chi connectivity index (χ2n) is 5.08. The third-order valence-corrected chi connectivity index (χ3v) is 3.24. The number of ether oxygens (including phenoxy) is 1. The summed E-state index contributed by atoms with van der Waals surface area (Å²) in [5.41, 5.74) is 6.92. The van der Waals surface area contributed by atoms with E-state index in [1.54, 1.807) is 38.4 Å². The third-order valence-electron chi connectivity index (χ3n) is 3.24. The van der Waals surface area contributed by atoms with Gasteiger partial charge in [-0.05, 0) is 18.2 Å². The van der Waals surface area contributed by atoms with E-state index in [1.807, 2.05) is 0 Å². The van der Waals surface area contributed by atoms with Gasteiger partial charge in [-0.15, -0.1) is 0 Å². The van der Waals surface area contributed by atoms with Crippen LogP contribution in [0.2, 0.25) is 0 Å². The molecular weight excluding hydrogens is 258 g/mol. The second kappa shape index (κ2) is 6.02. The monoisotopic (exact) mass is 277 g/mol. The summed E-state index contributed by atoms with van der Waals surface area (Å²) in [6, 6.07) is 6.56. The molecule has 2 amide bonds. The zero-order valence-corrected chi connectivity index (χ0v) is 11.6. The van der Waals surface area contributed by atoms with Crippen LogP contribution in [-0.2, 0) is 9.53 Å². The van der Waals surface area contributed by atoms with E-state index in [4.69, 9.17) is 10.5 Å². The molecule has 0 aromatic heterocycles. The van der Waals surface area contributed by atoms with Crippen molar-refractivity contribution in [3.63, 3.8) is 0 Å². The quantitative estimate of drug-likeness (QED) is 0.832. The Labute approximate surface area is 117 Å². The molecular formula is C14H19N3O3. The maximum Gasteiger partial charge on any atom is 0.253 e. The predicted octanol–water partition coefficient (Wildman–Crippen LogP) is 0.301. The fourth-order valence-corrected chi connectivity index (χ4v) is 2.06. The minimum atomic E-state index is -0.344. The zero-order valence-electron chi connectivity index (χ0n) is 11.6. The summed E-state index contributed by atoms with van der Waals surface area (Å²) in [6.45, 7) is 0.737. The van der Waals surface area contributed by atoms with Crippen molar-refractivity contribution < 1.29 is 14.3 Å². The molecule has 1 fully saturated rings. The van der Waals surface area contributed by atoms with Crippen molar-refractivity contribution in [2.75, 3.05) is 32.6 Å². The van der Waals surface area contributed by atoms with E-state index in [-0.39, 0.29) is 23.8 Å². The number of anilines is 1. The number of hydrogen-bond acceptors (Lipinski definition) is 4. The van der Waals surface area contributed by atoms with E-state index >= 15 is 0 Å².